The standard InChI is InChI=1S/C13H19N.C2H6/c1-2-13(9-5-3-6-10-13)12-8-4-7-11-14-12;1-2/h4,7-8,11H,2-3,5-6,9-10H2,1H3;1-2H3. The van der Waals surface area contributed by atoms with Gasteiger partial charge in [-0.3, -0.25) is 4.98 Å². The second kappa shape index (κ2) is 6.67. The second-order valence-electron chi connectivity index (χ2n) is 4.41. The Balaban J connectivity index is 0.000000606. The van der Waals surface area contributed by atoms with E-state index in [1.807, 2.05) is 26.1 Å². The third-order valence-corrected chi connectivity index (χ3v) is 3.70. The van der Waals surface area contributed by atoms with Gasteiger partial charge in [0.05, 0.1) is 0 Å². The van der Waals surface area contributed by atoms with Gasteiger partial charge in [-0.05, 0) is 31.4 Å². The van der Waals surface area contributed by atoms with Gasteiger partial charge in [-0.1, -0.05) is 46.1 Å². The molecule has 0 N–H and O–H groups in total. The summed E-state index contributed by atoms with van der Waals surface area (Å²) >= 11 is 0. The van der Waals surface area contributed by atoms with Crippen LogP contribution >= 0.6 is 0 Å². The molecule has 0 bridgehead atoms. The van der Waals surface area contributed by atoms with Crippen LogP contribution in [0.25, 0.3) is 0 Å². The Bertz CT molecular complexity index is 273. The first kappa shape index (κ1) is 13.2. The van der Waals surface area contributed by atoms with Crippen LogP contribution in [0, 0.1) is 0 Å². The maximum Gasteiger partial charge on any atom is 0.0465 e. The van der Waals surface area contributed by atoms with Crippen LogP contribution in [0.5, 0.6) is 0 Å². The first-order valence-corrected chi connectivity index (χ1v) is 6.79. The Hall–Kier alpha value is -0.850. The minimum Gasteiger partial charge on any atom is -0.261 e. The van der Waals surface area contributed by atoms with Gasteiger partial charge >= 0.3 is 0 Å². The van der Waals surface area contributed by atoms with Crippen molar-refractivity contribution in [1.29, 1.82) is 0 Å². The minimum absolute atomic E-state index is 0.402. The largest absolute Gasteiger partial charge is 0.261 e. The highest BCUT2D eigenvalue weighted by Crippen LogP contribution is 2.40. The summed E-state index contributed by atoms with van der Waals surface area (Å²) in [7, 11) is 0. The summed E-state index contributed by atoms with van der Waals surface area (Å²) < 4.78 is 0. The van der Waals surface area contributed by atoms with E-state index in [1.54, 1.807) is 0 Å². The van der Waals surface area contributed by atoms with Gasteiger partial charge < -0.3 is 0 Å². The van der Waals surface area contributed by atoms with Crippen molar-refractivity contribution in [2.75, 3.05) is 0 Å². The SMILES string of the molecule is CC.CCC1(c2ccccn2)CCCCC1. The summed E-state index contributed by atoms with van der Waals surface area (Å²) in [4.78, 5) is 4.55. The summed E-state index contributed by atoms with van der Waals surface area (Å²) in [6.45, 7) is 6.31. The van der Waals surface area contributed by atoms with Gasteiger partial charge in [0.25, 0.3) is 0 Å². The van der Waals surface area contributed by atoms with Crippen molar-refractivity contribution in [3.63, 3.8) is 0 Å². The molecule has 0 aromatic carbocycles. The van der Waals surface area contributed by atoms with Crippen LogP contribution in [0.3, 0.4) is 0 Å². The fourth-order valence-corrected chi connectivity index (χ4v) is 2.70. The predicted octanol–water partition coefficient (Wildman–Crippen LogP) is 4.72. The van der Waals surface area contributed by atoms with E-state index >= 15 is 0 Å². The molecule has 0 atom stereocenters. The monoisotopic (exact) mass is 219 g/mol. The summed E-state index contributed by atoms with van der Waals surface area (Å²) in [5.41, 5.74) is 1.72. The van der Waals surface area contributed by atoms with Crippen LogP contribution in [0.1, 0.15) is 65.0 Å². The highest BCUT2D eigenvalue weighted by molar-refractivity contribution is 5.17. The first-order chi connectivity index (χ1) is 7.87. The molecular weight excluding hydrogens is 194 g/mol. The van der Waals surface area contributed by atoms with Gasteiger partial charge in [0, 0.05) is 17.3 Å². The van der Waals surface area contributed by atoms with E-state index in [0.29, 0.717) is 5.41 Å². The predicted molar refractivity (Wildman–Crippen MR) is 70.6 cm³/mol. The van der Waals surface area contributed by atoms with Gasteiger partial charge in [-0.2, -0.15) is 0 Å². The number of nitrogens with zero attached hydrogens (tertiary/aromatic N) is 1. The Morgan fingerprint density at radius 3 is 2.31 bits per heavy atom. The molecule has 0 unspecified atom stereocenters. The Morgan fingerprint density at radius 2 is 1.81 bits per heavy atom. The van der Waals surface area contributed by atoms with Crippen molar-refractivity contribution in [2.45, 2.75) is 64.7 Å². The molecule has 0 amide bonds. The van der Waals surface area contributed by atoms with Crippen molar-refractivity contribution in [2.24, 2.45) is 0 Å². The molecule has 1 heteroatoms. The van der Waals surface area contributed by atoms with Crippen molar-refractivity contribution in [3.8, 4) is 0 Å². The van der Waals surface area contributed by atoms with Gasteiger partial charge in [0.15, 0.2) is 0 Å². The minimum atomic E-state index is 0.402. The summed E-state index contributed by atoms with van der Waals surface area (Å²) in [6.07, 6.45) is 10.0. The van der Waals surface area contributed by atoms with E-state index in [0.717, 1.165) is 0 Å². The smallest absolute Gasteiger partial charge is 0.0465 e. The highest BCUT2D eigenvalue weighted by atomic mass is 14.7. The molecule has 1 fully saturated rings. The molecule has 0 radical (unpaired) electrons. The van der Waals surface area contributed by atoms with E-state index in [-0.39, 0.29) is 0 Å². The molecule has 90 valence electrons. The molecule has 1 aromatic heterocycles. The Kier molecular flexibility index (Phi) is 5.51. The molecule has 1 saturated carbocycles. The molecule has 16 heavy (non-hydrogen) atoms. The molecule has 1 nitrogen and oxygen atoms in total. The lowest BCUT2D eigenvalue weighted by Crippen LogP contribution is -2.29. The highest BCUT2D eigenvalue weighted by Gasteiger charge is 2.32. The second-order valence-corrected chi connectivity index (χ2v) is 4.41. The van der Waals surface area contributed by atoms with Crippen LogP contribution in [0.15, 0.2) is 24.4 Å². The molecule has 2 rings (SSSR count). The lowest BCUT2D eigenvalue weighted by atomic mass is 9.70. The zero-order valence-corrected chi connectivity index (χ0v) is 11.0. The lowest BCUT2D eigenvalue weighted by Gasteiger charge is -2.35. The number of rotatable bonds is 2. The van der Waals surface area contributed by atoms with E-state index in [1.165, 1.54) is 44.2 Å². The maximum absolute atomic E-state index is 4.55. The van der Waals surface area contributed by atoms with Gasteiger partial charge in [-0.15, -0.1) is 0 Å². The zero-order chi connectivity index (χ0) is 11.9. The van der Waals surface area contributed by atoms with Crippen molar-refractivity contribution >= 4 is 0 Å². The average molecular weight is 219 g/mol. The lowest BCUT2D eigenvalue weighted by molar-refractivity contribution is 0.276. The third-order valence-electron chi connectivity index (χ3n) is 3.70. The summed E-state index contributed by atoms with van der Waals surface area (Å²) in [5, 5.41) is 0. The molecular formula is C15H25N. The van der Waals surface area contributed by atoms with Gasteiger partial charge in [0.1, 0.15) is 0 Å². The molecule has 1 aromatic rings. The zero-order valence-electron chi connectivity index (χ0n) is 11.0. The van der Waals surface area contributed by atoms with E-state index < -0.39 is 0 Å². The average Bonchev–Trinajstić information content (AvgIpc) is 2.43. The molecule has 1 aliphatic carbocycles. The number of aromatic nitrogens is 1. The quantitative estimate of drug-likeness (QED) is 0.701. The number of hydrogen-bond acceptors (Lipinski definition) is 1. The van der Waals surface area contributed by atoms with Crippen molar-refractivity contribution < 1.29 is 0 Å². The summed E-state index contributed by atoms with van der Waals surface area (Å²) in [5.74, 6) is 0. The molecule has 0 saturated heterocycles. The number of hydrogen-bond donors (Lipinski definition) is 0. The van der Waals surface area contributed by atoms with E-state index in [9.17, 15) is 0 Å². The fourth-order valence-electron chi connectivity index (χ4n) is 2.70. The Labute approximate surface area is 100 Å². The molecule has 1 aliphatic rings. The topological polar surface area (TPSA) is 12.9 Å². The normalized spacial score (nSPS) is 18.4. The van der Waals surface area contributed by atoms with Crippen LogP contribution in [-0.4, -0.2) is 4.98 Å². The van der Waals surface area contributed by atoms with Crippen LogP contribution in [0.2, 0.25) is 0 Å². The molecule has 0 aliphatic heterocycles. The van der Waals surface area contributed by atoms with Crippen LogP contribution < -0.4 is 0 Å². The van der Waals surface area contributed by atoms with E-state index in [4.69, 9.17) is 0 Å². The fraction of sp³-hybridized carbons (Fsp3) is 0.667. The maximum atomic E-state index is 4.55. The van der Waals surface area contributed by atoms with E-state index in [2.05, 4.69) is 24.0 Å². The number of pyridine rings is 1. The van der Waals surface area contributed by atoms with Crippen LogP contribution in [-0.2, 0) is 5.41 Å². The van der Waals surface area contributed by atoms with Gasteiger partial charge in [0.2, 0.25) is 0 Å². The van der Waals surface area contributed by atoms with Crippen molar-refractivity contribution in [1.82, 2.24) is 4.98 Å². The van der Waals surface area contributed by atoms with Gasteiger partial charge in [-0.25, -0.2) is 0 Å². The Morgan fingerprint density at radius 1 is 1.12 bits per heavy atom. The third kappa shape index (κ3) is 2.84. The van der Waals surface area contributed by atoms with Crippen LogP contribution in [0.4, 0.5) is 0 Å². The first-order valence-electron chi connectivity index (χ1n) is 6.79. The molecule has 0 spiro atoms. The summed E-state index contributed by atoms with van der Waals surface area (Å²) in [6, 6.07) is 6.33. The molecule has 1 heterocycles. The van der Waals surface area contributed by atoms with Crippen molar-refractivity contribution in [3.05, 3.63) is 30.1 Å².